The van der Waals surface area contributed by atoms with E-state index in [-0.39, 0.29) is 36.6 Å². The lowest BCUT2D eigenvalue weighted by Gasteiger charge is -2.09. The van der Waals surface area contributed by atoms with Crippen LogP contribution in [0.2, 0.25) is 0 Å². The third-order valence-electron chi connectivity index (χ3n) is 4.86. The second kappa shape index (κ2) is 9.56. The normalized spacial score (nSPS) is 12.1. The van der Waals surface area contributed by atoms with Crippen molar-refractivity contribution in [3.63, 3.8) is 0 Å². The third kappa shape index (κ3) is 5.79. The monoisotopic (exact) mass is 446 g/mol. The molecule has 0 aliphatic carbocycles. The number of nitrogens with zero attached hydrogens (tertiary/aromatic N) is 1. The average molecular weight is 446 g/mol. The second-order valence-corrected chi connectivity index (χ2v) is 8.39. The number of rotatable bonds is 11. The lowest BCUT2D eigenvalue weighted by Crippen LogP contribution is -2.19. The van der Waals surface area contributed by atoms with Crippen molar-refractivity contribution in [1.82, 2.24) is 15.0 Å². The fourth-order valence-electron chi connectivity index (χ4n) is 3.28. The molecule has 3 rings (SSSR count). The molecule has 1 unspecified atom stereocenters. The molecule has 0 saturated heterocycles. The zero-order valence-corrected chi connectivity index (χ0v) is 17.3. The molecule has 0 aromatic carbocycles. The number of carbonyl (C=O) groups is 3. The molecule has 0 saturated carbocycles. The van der Waals surface area contributed by atoms with E-state index in [0.717, 1.165) is 17.0 Å². The second-order valence-electron chi connectivity index (χ2n) is 7.22. The van der Waals surface area contributed by atoms with Crippen LogP contribution in [0.4, 0.5) is 5.95 Å². The highest BCUT2D eigenvalue weighted by Crippen LogP contribution is 2.23. The highest BCUT2D eigenvalue weighted by atomic mass is 32.1. The number of ketones is 1. The molecule has 3 aromatic heterocycles. The number of nitrogens with one attached hydrogen (secondary N) is 2. The van der Waals surface area contributed by atoms with Crippen molar-refractivity contribution in [3.05, 3.63) is 44.0 Å². The minimum absolute atomic E-state index is 0.0507. The van der Waals surface area contributed by atoms with E-state index in [1.165, 1.54) is 11.3 Å². The van der Waals surface area contributed by atoms with Crippen LogP contribution < -0.4 is 11.3 Å². The molecular formula is C20H22N4O6S. The first kappa shape index (κ1) is 22.2. The first-order valence-corrected chi connectivity index (χ1v) is 10.5. The maximum Gasteiger partial charge on any atom is 0.306 e. The number of H-pyrrole nitrogens is 2. The molecule has 1 atom stereocenters. The summed E-state index contributed by atoms with van der Waals surface area (Å²) in [6.07, 6.45) is 1.56. The van der Waals surface area contributed by atoms with Gasteiger partial charge in [0.2, 0.25) is 5.95 Å². The Hall–Kier alpha value is -3.47. The van der Waals surface area contributed by atoms with Gasteiger partial charge in [-0.05, 0) is 43.9 Å². The maximum atomic E-state index is 12.4. The Kier molecular flexibility index (Phi) is 6.85. The minimum atomic E-state index is -1.17. The van der Waals surface area contributed by atoms with Gasteiger partial charge in [-0.2, -0.15) is 4.98 Å². The summed E-state index contributed by atoms with van der Waals surface area (Å²) in [4.78, 5) is 57.3. The maximum absolute atomic E-state index is 12.4. The number of aromatic nitrogens is 3. The van der Waals surface area contributed by atoms with E-state index < -0.39 is 17.9 Å². The van der Waals surface area contributed by atoms with Crippen LogP contribution in [0.3, 0.4) is 0 Å². The van der Waals surface area contributed by atoms with Crippen molar-refractivity contribution in [3.8, 4) is 0 Å². The standard InChI is InChI=1S/C20H22N4O6S/c21-20-23-17-13(18(28)24-20)9-11(22-17)2-1-3-12-5-6-15(31-12)14(25)8-10(19(29)30)4-7-16(26)27/h5-6,9-10H,1-4,7-8H2,(H,26,27)(H,29,30)(H4,21,22,23,24,28). The molecule has 164 valence electrons. The highest BCUT2D eigenvalue weighted by Gasteiger charge is 2.23. The Labute approximate surface area is 180 Å². The molecule has 31 heavy (non-hydrogen) atoms. The van der Waals surface area contributed by atoms with Gasteiger partial charge in [0.1, 0.15) is 5.65 Å². The fourth-order valence-corrected chi connectivity index (χ4v) is 4.27. The quantitative estimate of drug-likeness (QED) is 0.278. The number of Topliss-reactive ketones (excluding diaryl/α,β-unsaturated/α-hetero) is 1. The van der Waals surface area contributed by atoms with Gasteiger partial charge < -0.3 is 20.9 Å². The van der Waals surface area contributed by atoms with E-state index in [1.54, 1.807) is 12.1 Å². The van der Waals surface area contributed by atoms with Gasteiger partial charge in [0.25, 0.3) is 5.56 Å². The smallest absolute Gasteiger partial charge is 0.306 e. The van der Waals surface area contributed by atoms with Gasteiger partial charge in [-0.25, -0.2) is 0 Å². The molecule has 3 aromatic rings. The van der Waals surface area contributed by atoms with Gasteiger partial charge in [0, 0.05) is 23.4 Å². The van der Waals surface area contributed by atoms with Crippen LogP contribution in [0.1, 0.15) is 45.9 Å². The number of carboxylic acid groups (broad SMARTS) is 2. The zero-order valence-electron chi connectivity index (χ0n) is 16.5. The van der Waals surface area contributed by atoms with E-state index in [0.29, 0.717) is 28.8 Å². The lowest BCUT2D eigenvalue weighted by atomic mass is 9.96. The first-order valence-electron chi connectivity index (χ1n) is 9.67. The first-order chi connectivity index (χ1) is 14.7. The van der Waals surface area contributed by atoms with E-state index in [9.17, 15) is 24.3 Å². The van der Waals surface area contributed by atoms with E-state index in [4.69, 9.17) is 10.8 Å². The Morgan fingerprint density at radius 1 is 1.16 bits per heavy atom. The van der Waals surface area contributed by atoms with Crippen LogP contribution in [0.5, 0.6) is 0 Å². The average Bonchev–Trinajstić information content (AvgIpc) is 3.31. The Morgan fingerprint density at radius 3 is 2.65 bits per heavy atom. The number of hydrogen-bond acceptors (Lipinski definition) is 7. The molecule has 3 heterocycles. The van der Waals surface area contributed by atoms with Gasteiger partial charge in [-0.1, -0.05) is 0 Å². The van der Waals surface area contributed by atoms with Crippen LogP contribution in [0.25, 0.3) is 11.0 Å². The SMILES string of the molecule is Nc1nc2[nH]c(CCCc3ccc(C(=O)CC(CCC(=O)O)C(=O)O)s3)cc2c(=O)[nH]1. The Bertz CT molecular complexity index is 1180. The molecule has 11 heteroatoms. The number of aliphatic carboxylic acids is 2. The number of aryl methyl sites for hydroxylation is 2. The highest BCUT2D eigenvalue weighted by molar-refractivity contribution is 7.14. The summed E-state index contributed by atoms with van der Waals surface area (Å²) < 4.78 is 0. The van der Waals surface area contributed by atoms with Gasteiger partial charge in [0.05, 0.1) is 16.2 Å². The van der Waals surface area contributed by atoms with Crippen molar-refractivity contribution >= 4 is 46.0 Å². The summed E-state index contributed by atoms with van der Waals surface area (Å²) in [5.74, 6) is -3.51. The number of thiophene rings is 1. The minimum Gasteiger partial charge on any atom is -0.481 e. The topological polar surface area (TPSA) is 179 Å². The molecule has 0 fully saturated rings. The van der Waals surface area contributed by atoms with E-state index in [1.807, 2.05) is 6.07 Å². The van der Waals surface area contributed by atoms with Crippen molar-refractivity contribution < 1.29 is 24.6 Å². The Morgan fingerprint density at radius 2 is 1.94 bits per heavy atom. The Balaban J connectivity index is 1.55. The van der Waals surface area contributed by atoms with E-state index in [2.05, 4.69) is 15.0 Å². The number of hydrogen-bond donors (Lipinski definition) is 5. The number of nitrogens with two attached hydrogens (primary N) is 1. The molecule has 0 bridgehead atoms. The fraction of sp³-hybridized carbons (Fsp3) is 0.350. The predicted octanol–water partition coefficient (Wildman–Crippen LogP) is 2.21. The van der Waals surface area contributed by atoms with Crippen LogP contribution in [0.15, 0.2) is 23.0 Å². The number of anilines is 1. The summed E-state index contributed by atoms with van der Waals surface area (Å²) >= 11 is 1.31. The molecule has 0 aliphatic rings. The molecule has 0 radical (unpaired) electrons. The molecule has 10 nitrogen and oxygen atoms in total. The largest absolute Gasteiger partial charge is 0.481 e. The molecule has 6 N–H and O–H groups in total. The summed E-state index contributed by atoms with van der Waals surface area (Å²) in [7, 11) is 0. The van der Waals surface area contributed by atoms with Crippen molar-refractivity contribution in [2.24, 2.45) is 5.92 Å². The van der Waals surface area contributed by atoms with Crippen LogP contribution in [-0.2, 0) is 22.4 Å². The molecule has 0 amide bonds. The van der Waals surface area contributed by atoms with Crippen LogP contribution in [-0.4, -0.2) is 42.9 Å². The lowest BCUT2D eigenvalue weighted by molar-refractivity contribution is -0.142. The van der Waals surface area contributed by atoms with E-state index >= 15 is 0 Å². The summed E-state index contributed by atoms with van der Waals surface area (Å²) in [5.41, 5.74) is 6.54. The van der Waals surface area contributed by atoms with Crippen LogP contribution >= 0.6 is 11.3 Å². The van der Waals surface area contributed by atoms with Crippen LogP contribution in [0, 0.1) is 5.92 Å². The summed E-state index contributed by atoms with van der Waals surface area (Å²) in [6.45, 7) is 0. The number of aromatic amines is 2. The number of carbonyl (C=O) groups excluding carboxylic acids is 1. The van der Waals surface area contributed by atoms with Crippen molar-refractivity contribution in [2.75, 3.05) is 5.73 Å². The molecular weight excluding hydrogens is 424 g/mol. The van der Waals surface area contributed by atoms with Crippen molar-refractivity contribution in [2.45, 2.75) is 38.5 Å². The number of nitrogen functional groups attached to an aromatic ring is 1. The van der Waals surface area contributed by atoms with Gasteiger partial charge in [0.15, 0.2) is 5.78 Å². The molecule has 0 aliphatic heterocycles. The summed E-state index contributed by atoms with van der Waals surface area (Å²) in [6, 6.07) is 5.25. The third-order valence-corrected chi connectivity index (χ3v) is 6.05. The van der Waals surface area contributed by atoms with Gasteiger partial charge in [-0.3, -0.25) is 24.2 Å². The number of fused-ring (bicyclic) bond motifs is 1. The number of carboxylic acids is 2. The van der Waals surface area contributed by atoms with Crippen molar-refractivity contribution in [1.29, 1.82) is 0 Å². The van der Waals surface area contributed by atoms with Gasteiger partial charge >= 0.3 is 11.9 Å². The van der Waals surface area contributed by atoms with Gasteiger partial charge in [-0.15, -0.1) is 11.3 Å². The summed E-state index contributed by atoms with van der Waals surface area (Å²) in [5, 5.41) is 18.4. The zero-order chi connectivity index (χ0) is 22.5. The molecule has 0 spiro atoms. The predicted molar refractivity (Wildman–Crippen MR) is 114 cm³/mol.